The highest BCUT2D eigenvalue weighted by atomic mass is 16.3. The third kappa shape index (κ3) is 1.87. The van der Waals surface area contributed by atoms with Gasteiger partial charge in [0.1, 0.15) is 5.60 Å². The topological polar surface area (TPSA) is 89.3 Å². The Balaban J connectivity index is 2.92. The van der Waals surface area contributed by atoms with Crippen molar-refractivity contribution in [2.45, 2.75) is 25.0 Å². The van der Waals surface area contributed by atoms with Crippen molar-refractivity contribution in [3.63, 3.8) is 0 Å². The lowest BCUT2D eigenvalue weighted by atomic mass is 9.84. The molecule has 0 aromatic heterocycles. The van der Waals surface area contributed by atoms with Crippen LogP contribution in [0.4, 0.5) is 0 Å². The number of Topliss-reactive ketones (excluding diaryl/α,β-unsaturated/α-hetero) is 1. The highest BCUT2D eigenvalue weighted by molar-refractivity contribution is 5.85. The van der Waals surface area contributed by atoms with Gasteiger partial charge >= 0.3 is 0 Å². The van der Waals surface area contributed by atoms with Gasteiger partial charge in [-0.05, 0) is 25.9 Å². The molecular formula is C8H14N4O2. The second-order valence-electron chi connectivity index (χ2n) is 3.71. The van der Waals surface area contributed by atoms with Gasteiger partial charge in [0.2, 0.25) is 0 Å². The molecule has 0 radical (unpaired) electrons. The standard InChI is InChI=1S/C8H14N4O2/c1-6(13)8(14)3-4-12(2)5-7(8)10-11-9/h7,14H,3-5H2,1-2H3. The van der Waals surface area contributed by atoms with Gasteiger partial charge in [-0.2, -0.15) is 0 Å². The lowest BCUT2D eigenvalue weighted by Gasteiger charge is -2.39. The normalized spacial score (nSPS) is 33.5. The maximum absolute atomic E-state index is 11.3. The molecule has 1 fully saturated rings. The van der Waals surface area contributed by atoms with Gasteiger partial charge < -0.3 is 10.0 Å². The van der Waals surface area contributed by atoms with Gasteiger partial charge in [0.25, 0.3) is 0 Å². The zero-order valence-electron chi connectivity index (χ0n) is 8.34. The molecule has 0 bridgehead atoms. The molecule has 6 heteroatoms. The van der Waals surface area contributed by atoms with Crippen LogP contribution in [0.5, 0.6) is 0 Å². The molecule has 1 saturated heterocycles. The van der Waals surface area contributed by atoms with Crippen molar-refractivity contribution in [2.75, 3.05) is 20.1 Å². The average Bonchev–Trinajstić information content (AvgIpc) is 2.12. The van der Waals surface area contributed by atoms with Gasteiger partial charge in [0.15, 0.2) is 5.78 Å². The fraction of sp³-hybridized carbons (Fsp3) is 0.875. The number of likely N-dealkylation sites (tertiary alicyclic amines) is 1. The minimum Gasteiger partial charge on any atom is -0.382 e. The van der Waals surface area contributed by atoms with E-state index in [1.165, 1.54) is 6.92 Å². The molecule has 1 aliphatic heterocycles. The summed E-state index contributed by atoms with van der Waals surface area (Å²) in [5.74, 6) is -0.331. The SMILES string of the molecule is CC(=O)C1(O)CCN(C)CC1N=[N+]=[N-]. The van der Waals surface area contributed by atoms with Crippen LogP contribution in [0.15, 0.2) is 5.11 Å². The highest BCUT2D eigenvalue weighted by Gasteiger charge is 2.44. The number of ketones is 1. The van der Waals surface area contributed by atoms with E-state index in [1.807, 2.05) is 11.9 Å². The number of carbonyl (C=O) groups is 1. The molecule has 2 unspecified atom stereocenters. The molecule has 0 aromatic rings. The number of azide groups is 1. The summed E-state index contributed by atoms with van der Waals surface area (Å²) in [4.78, 5) is 15.8. The van der Waals surface area contributed by atoms with Gasteiger partial charge in [-0.3, -0.25) is 4.79 Å². The van der Waals surface area contributed by atoms with E-state index in [2.05, 4.69) is 10.0 Å². The summed E-state index contributed by atoms with van der Waals surface area (Å²) in [5, 5.41) is 13.5. The van der Waals surface area contributed by atoms with Crippen molar-refractivity contribution >= 4 is 5.78 Å². The Kier molecular flexibility index (Phi) is 3.10. The van der Waals surface area contributed by atoms with Crippen molar-refractivity contribution in [3.8, 4) is 0 Å². The number of likely N-dealkylation sites (N-methyl/N-ethyl adjacent to an activating group) is 1. The van der Waals surface area contributed by atoms with Crippen LogP contribution in [-0.2, 0) is 4.79 Å². The second-order valence-corrected chi connectivity index (χ2v) is 3.71. The Hall–Kier alpha value is -1.10. The lowest BCUT2D eigenvalue weighted by molar-refractivity contribution is -0.141. The number of rotatable bonds is 2. The smallest absolute Gasteiger partial charge is 0.161 e. The van der Waals surface area contributed by atoms with E-state index >= 15 is 0 Å². The van der Waals surface area contributed by atoms with E-state index in [4.69, 9.17) is 5.53 Å². The van der Waals surface area contributed by atoms with Crippen molar-refractivity contribution in [1.29, 1.82) is 0 Å². The first-order chi connectivity index (χ1) is 6.50. The van der Waals surface area contributed by atoms with Gasteiger partial charge in [-0.15, -0.1) is 0 Å². The summed E-state index contributed by atoms with van der Waals surface area (Å²) in [6, 6.07) is -0.677. The van der Waals surface area contributed by atoms with E-state index in [9.17, 15) is 9.90 Å². The molecule has 14 heavy (non-hydrogen) atoms. The summed E-state index contributed by atoms with van der Waals surface area (Å²) in [5.41, 5.74) is 6.86. The van der Waals surface area contributed by atoms with Crippen molar-refractivity contribution < 1.29 is 9.90 Å². The van der Waals surface area contributed by atoms with Gasteiger partial charge in [-0.1, -0.05) is 5.11 Å². The zero-order valence-corrected chi connectivity index (χ0v) is 8.34. The second kappa shape index (κ2) is 3.96. The molecule has 1 rings (SSSR count). The predicted octanol–water partition coefficient (Wildman–Crippen LogP) is 0.321. The first kappa shape index (κ1) is 11.0. The van der Waals surface area contributed by atoms with Crippen LogP contribution in [0.2, 0.25) is 0 Å². The monoisotopic (exact) mass is 198 g/mol. The van der Waals surface area contributed by atoms with Crippen LogP contribution in [0.3, 0.4) is 0 Å². The van der Waals surface area contributed by atoms with E-state index in [1.54, 1.807) is 0 Å². The molecule has 0 amide bonds. The number of carbonyl (C=O) groups excluding carboxylic acids is 1. The fourth-order valence-corrected chi connectivity index (χ4v) is 1.67. The van der Waals surface area contributed by atoms with Crippen molar-refractivity contribution in [3.05, 3.63) is 10.4 Å². The van der Waals surface area contributed by atoms with Crippen LogP contribution < -0.4 is 0 Å². The Morgan fingerprint density at radius 1 is 1.79 bits per heavy atom. The number of hydrogen-bond acceptors (Lipinski definition) is 4. The van der Waals surface area contributed by atoms with Gasteiger partial charge in [0, 0.05) is 18.0 Å². The Morgan fingerprint density at radius 2 is 2.43 bits per heavy atom. The maximum Gasteiger partial charge on any atom is 0.161 e. The van der Waals surface area contributed by atoms with E-state index in [0.717, 1.165) is 0 Å². The molecule has 6 nitrogen and oxygen atoms in total. The first-order valence-electron chi connectivity index (χ1n) is 4.47. The average molecular weight is 198 g/mol. The Bertz CT molecular complexity index is 287. The van der Waals surface area contributed by atoms with Crippen LogP contribution in [0, 0.1) is 0 Å². The fourth-order valence-electron chi connectivity index (χ4n) is 1.67. The Morgan fingerprint density at radius 3 is 2.93 bits per heavy atom. The molecule has 1 heterocycles. The summed E-state index contributed by atoms with van der Waals surface area (Å²) < 4.78 is 0. The number of piperidine rings is 1. The summed E-state index contributed by atoms with van der Waals surface area (Å²) >= 11 is 0. The molecular weight excluding hydrogens is 184 g/mol. The maximum atomic E-state index is 11.3. The highest BCUT2D eigenvalue weighted by Crippen LogP contribution is 2.25. The minimum atomic E-state index is -1.47. The van der Waals surface area contributed by atoms with Gasteiger partial charge in [0.05, 0.1) is 6.04 Å². The predicted molar refractivity (Wildman–Crippen MR) is 50.7 cm³/mol. The first-order valence-corrected chi connectivity index (χ1v) is 4.47. The molecule has 78 valence electrons. The zero-order chi connectivity index (χ0) is 10.8. The molecule has 0 aromatic carbocycles. The summed E-state index contributed by atoms with van der Waals surface area (Å²) in [6.07, 6.45) is 0.322. The largest absolute Gasteiger partial charge is 0.382 e. The molecule has 1 N–H and O–H groups in total. The van der Waals surface area contributed by atoms with E-state index in [-0.39, 0.29) is 5.78 Å². The molecule has 2 atom stereocenters. The van der Waals surface area contributed by atoms with Crippen molar-refractivity contribution in [1.82, 2.24) is 4.90 Å². The van der Waals surface area contributed by atoms with Gasteiger partial charge in [-0.25, -0.2) is 0 Å². The van der Waals surface area contributed by atoms with Crippen LogP contribution in [0.1, 0.15) is 13.3 Å². The number of hydrogen-bond donors (Lipinski definition) is 1. The number of nitrogens with zero attached hydrogens (tertiary/aromatic N) is 4. The number of aliphatic hydroxyl groups is 1. The quantitative estimate of drug-likeness (QED) is 0.393. The Labute approximate surface area is 82.1 Å². The van der Waals surface area contributed by atoms with E-state index < -0.39 is 11.6 Å². The molecule has 0 saturated carbocycles. The van der Waals surface area contributed by atoms with Crippen LogP contribution in [-0.4, -0.2) is 47.6 Å². The van der Waals surface area contributed by atoms with Crippen LogP contribution >= 0.6 is 0 Å². The third-order valence-corrected chi connectivity index (χ3v) is 2.71. The summed E-state index contributed by atoms with van der Waals surface area (Å²) in [6.45, 7) is 2.37. The molecule has 0 aliphatic carbocycles. The molecule has 1 aliphatic rings. The van der Waals surface area contributed by atoms with E-state index in [0.29, 0.717) is 19.5 Å². The lowest BCUT2D eigenvalue weighted by Crippen LogP contribution is -2.57. The van der Waals surface area contributed by atoms with Crippen molar-refractivity contribution in [2.24, 2.45) is 5.11 Å². The minimum absolute atomic E-state index is 0.322. The van der Waals surface area contributed by atoms with Crippen LogP contribution in [0.25, 0.3) is 10.4 Å². The molecule has 0 spiro atoms. The summed E-state index contributed by atoms with van der Waals surface area (Å²) in [7, 11) is 1.86. The third-order valence-electron chi connectivity index (χ3n) is 2.71.